The molecule has 11 heteroatoms. The standard InChI is InChI=1S/C23H25N5O5S/c1-3-28(13-20(29)24-16-6-9-18-19(12-16)33-11-10-32-18)14-21-26-27-23(34-21)22(30)25-15-4-7-17(31-2)8-5-15/h4-9,12H,3,10-11,13-14H2,1-2H3,(H,24,29)(H,25,30). The molecule has 0 radical (unpaired) electrons. The number of ether oxygens (including phenoxy) is 3. The van der Waals surface area contributed by atoms with Crippen LogP contribution >= 0.6 is 11.3 Å². The molecule has 3 aromatic rings. The van der Waals surface area contributed by atoms with E-state index in [-0.39, 0.29) is 23.4 Å². The fourth-order valence-corrected chi connectivity index (χ4v) is 4.04. The van der Waals surface area contributed by atoms with Crippen LogP contribution in [0.15, 0.2) is 42.5 Å². The Bertz CT molecular complexity index is 1150. The second-order valence-electron chi connectivity index (χ2n) is 7.39. The number of carbonyl (C=O) groups excluding carboxylic acids is 2. The summed E-state index contributed by atoms with van der Waals surface area (Å²) in [6, 6.07) is 12.3. The van der Waals surface area contributed by atoms with E-state index in [9.17, 15) is 9.59 Å². The highest BCUT2D eigenvalue weighted by molar-refractivity contribution is 7.13. The minimum absolute atomic E-state index is 0.165. The van der Waals surface area contributed by atoms with Crippen molar-refractivity contribution in [3.8, 4) is 17.2 Å². The van der Waals surface area contributed by atoms with Crippen molar-refractivity contribution in [2.24, 2.45) is 0 Å². The quantitative estimate of drug-likeness (QED) is 0.477. The predicted octanol–water partition coefficient (Wildman–Crippen LogP) is 3.03. The number of benzene rings is 2. The molecule has 2 N–H and O–H groups in total. The summed E-state index contributed by atoms with van der Waals surface area (Å²) in [6.07, 6.45) is 0. The summed E-state index contributed by atoms with van der Waals surface area (Å²) in [5.41, 5.74) is 1.27. The van der Waals surface area contributed by atoms with Crippen molar-refractivity contribution in [2.45, 2.75) is 13.5 Å². The molecule has 2 amide bonds. The highest BCUT2D eigenvalue weighted by atomic mass is 32.1. The predicted molar refractivity (Wildman–Crippen MR) is 128 cm³/mol. The zero-order valence-electron chi connectivity index (χ0n) is 18.9. The lowest BCUT2D eigenvalue weighted by atomic mass is 10.2. The van der Waals surface area contributed by atoms with E-state index in [0.717, 1.165) is 0 Å². The highest BCUT2D eigenvalue weighted by Gasteiger charge is 2.18. The molecule has 0 spiro atoms. The fraction of sp³-hybridized carbons (Fsp3) is 0.304. The maximum atomic E-state index is 12.6. The number of nitrogens with one attached hydrogen (secondary N) is 2. The van der Waals surface area contributed by atoms with E-state index >= 15 is 0 Å². The lowest BCUT2D eigenvalue weighted by molar-refractivity contribution is -0.117. The zero-order valence-corrected chi connectivity index (χ0v) is 19.7. The summed E-state index contributed by atoms with van der Waals surface area (Å²) in [7, 11) is 1.58. The first-order chi connectivity index (χ1) is 16.5. The number of aromatic nitrogens is 2. The van der Waals surface area contributed by atoms with Gasteiger partial charge in [0.15, 0.2) is 11.5 Å². The van der Waals surface area contributed by atoms with Crippen molar-refractivity contribution in [1.82, 2.24) is 15.1 Å². The van der Waals surface area contributed by atoms with Gasteiger partial charge in [0.05, 0.1) is 20.2 Å². The van der Waals surface area contributed by atoms with Crippen LogP contribution in [0.5, 0.6) is 17.2 Å². The van der Waals surface area contributed by atoms with Crippen LogP contribution in [0.2, 0.25) is 0 Å². The van der Waals surface area contributed by atoms with E-state index in [1.165, 1.54) is 11.3 Å². The molecule has 34 heavy (non-hydrogen) atoms. The van der Waals surface area contributed by atoms with Crippen LogP contribution < -0.4 is 24.8 Å². The second-order valence-corrected chi connectivity index (χ2v) is 8.46. The van der Waals surface area contributed by atoms with Gasteiger partial charge < -0.3 is 24.8 Å². The van der Waals surface area contributed by atoms with Gasteiger partial charge in [-0.05, 0) is 42.9 Å². The summed E-state index contributed by atoms with van der Waals surface area (Å²) in [4.78, 5) is 27.0. The van der Waals surface area contributed by atoms with Gasteiger partial charge in [0.2, 0.25) is 10.9 Å². The molecule has 0 aliphatic carbocycles. The number of hydrogen-bond acceptors (Lipinski definition) is 9. The molecule has 10 nitrogen and oxygen atoms in total. The van der Waals surface area contributed by atoms with E-state index in [1.807, 2.05) is 11.8 Å². The zero-order chi connectivity index (χ0) is 23.9. The number of likely N-dealkylation sites (N-methyl/N-ethyl adjacent to an activating group) is 1. The summed E-state index contributed by atoms with van der Waals surface area (Å²) < 4.78 is 16.2. The molecule has 2 heterocycles. The molecule has 1 aliphatic heterocycles. The molecule has 0 saturated carbocycles. The lowest BCUT2D eigenvalue weighted by Crippen LogP contribution is -2.32. The number of anilines is 2. The van der Waals surface area contributed by atoms with Gasteiger partial charge in [0.25, 0.3) is 5.91 Å². The number of hydrogen-bond donors (Lipinski definition) is 2. The number of nitrogens with zero attached hydrogens (tertiary/aromatic N) is 3. The smallest absolute Gasteiger partial charge is 0.286 e. The topological polar surface area (TPSA) is 115 Å². The molecule has 0 unspecified atom stereocenters. The molecule has 0 bridgehead atoms. The second kappa shape index (κ2) is 10.9. The molecular formula is C23H25N5O5S. The molecule has 178 valence electrons. The minimum Gasteiger partial charge on any atom is -0.497 e. The van der Waals surface area contributed by atoms with Gasteiger partial charge in [-0.1, -0.05) is 18.3 Å². The Morgan fingerprint density at radius 1 is 1.03 bits per heavy atom. The van der Waals surface area contributed by atoms with Crippen molar-refractivity contribution in [3.63, 3.8) is 0 Å². The first-order valence-electron chi connectivity index (χ1n) is 10.7. The number of rotatable bonds is 9. The number of amides is 2. The van der Waals surface area contributed by atoms with Crippen molar-refractivity contribution in [2.75, 3.05) is 44.0 Å². The highest BCUT2D eigenvalue weighted by Crippen LogP contribution is 2.32. The van der Waals surface area contributed by atoms with Crippen molar-refractivity contribution < 1.29 is 23.8 Å². The first-order valence-corrected chi connectivity index (χ1v) is 11.6. The average molecular weight is 484 g/mol. The minimum atomic E-state index is -0.340. The average Bonchev–Trinajstić information content (AvgIpc) is 3.32. The van der Waals surface area contributed by atoms with E-state index in [4.69, 9.17) is 14.2 Å². The maximum Gasteiger partial charge on any atom is 0.286 e. The third-order valence-electron chi connectivity index (χ3n) is 5.01. The van der Waals surface area contributed by atoms with Crippen molar-refractivity contribution >= 4 is 34.5 Å². The molecule has 1 aliphatic rings. The third-order valence-corrected chi connectivity index (χ3v) is 5.91. The number of methoxy groups -OCH3 is 1. The van der Waals surface area contributed by atoms with E-state index < -0.39 is 0 Å². The van der Waals surface area contributed by atoms with Gasteiger partial charge in [0.1, 0.15) is 24.0 Å². The molecule has 0 atom stereocenters. The summed E-state index contributed by atoms with van der Waals surface area (Å²) in [6.45, 7) is 4.14. The van der Waals surface area contributed by atoms with Gasteiger partial charge >= 0.3 is 0 Å². The van der Waals surface area contributed by atoms with Crippen LogP contribution in [0.25, 0.3) is 0 Å². The lowest BCUT2D eigenvalue weighted by Gasteiger charge is -2.20. The maximum absolute atomic E-state index is 12.6. The van der Waals surface area contributed by atoms with Crippen molar-refractivity contribution in [1.29, 1.82) is 0 Å². The molecule has 2 aromatic carbocycles. The van der Waals surface area contributed by atoms with Crippen LogP contribution in [-0.2, 0) is 11.3 Å². The monoisotopic (exact) mass is 483 g/mol. The number of fused-ring (bicyclic) bond motifs is 1. The third kappa shape index (κ3) is 6.00. The fourth-order valence-electron chi connectivity index (χ4n) is 3.26. The Morgan fingerprint density at radius 3 is 2.50 bits per heavy atom. The van der Waals surface area contributed by atoms with Crippen LogP contribution in [0.4, 0.5) is 11.4 Å². The van der Waals surface area contributed by atoms with Gasteiger partial charge in [-0.3, -0.25) is 14.5 Å². The largest absolute Gasteiger partial charge is 0.497 e. The summed E-state index contributed by atoms with van der Waals surface area (Å²) in [5, 5.41) is 14.7. The Hall–Kier alpha value is -3.70. The Labute approximate surface area is 200 Å². The van der Waals surface area contributed by atoms with Gasteiger partial charge in [0, 0.05) is 17.4 Å². The molecule has 1 aromatic heterocycles. The van der Waals surface area contributed by atoms with E-state index in [2.05, 4.69) is 20.8 Å². The normalized spacial score (nSPS) is 12.3. The van der Waals surface area contributed by atoms with Crippen molar-refractivity contribution in [3.05, 3.63) is 52.5 Å². The van der Waals surface area contributed by atoms with Crippen LogP contribution in [0, 0.1) is 0 Å². The van der Waals surface area contributed by atoms with E-state index in [0.29, 0.717) is 59.9 Å². The van der Waals surface area contributed by atoms with E-state index in [1.54, 1.807) is 49.6 Å². The number of carbonyl (C=O) groups is 2. The molecular weight excluding hydrogens is 458 g/mol. The Morgan fingerprint density at radius 2 is 1.76 bits per heavy atom. The first kappa shape index (κ1) is 23.5. The van der Waals surface area contributed by atoms with Gasteiger partial charge in [-0.25, -0.2) is 0 Å². The Kier molecular flexibility index (Phi) is 7.55. The summed E-state index contributed by atoms with van der Waals surface area (Å²) in [5.74, 6) is 1.48. The summed E-state index contributed by atoms with van der Waals surface area (Å²) >= 11 is 1.20. The Balaban J connectivity index is 1.30. The molecule has 4 rings (SSSR count). The molecule has 0 fully saturated rings. The van der Waals surface area contributed by atoms with Gasteiger partial charge in [-0.15, -0.1) is 10.2 Å². The molecule has 0 saturated heterocycles. The van der Waals surface area contributed by atoms with Crippen LogP contribution in [0.3, 0.4) is 0 Å². The SMILES string of the molecule is CCN(CC(=O)Nc1ccc2c(c1)OCCO2)Cc1nnc(C(=O)Nc2ccc(OC)cc2)s1. The van der Waals surface area contributed by atoms with Crippen LogP contribution in [-0.4, -0.2) is 60.3 Å². The van der Waals surface area contributed by atoms with Crippen LogP contribution in [0.1, 0.15) is 21.7 Å². The van der Waals surface area contributed by atoms with Gasteiger partial charge in [-0.2, -0.15) is 0 Å².